The zero-order chi connectivity index (χ0) is 18.8. The van der Waals surface area contributed by atoms with E-state index in [9.17, 15) is 14.7 Å². The van der Waals surface area contributed by atoms with E-state index in [-0.39, 0.29) is 11.3 Å². The Morgan fingerprint density at radius 3 is 2.56 bits per heavy atom. The van der Waals surface area contributed by atoms with Crippen molar-refractivity contribution < 1.29 is 19.4 Å². The second-order valence-corrected chi connectivity index (χ2v) is 6.95. The first-order chi connectivity index (χ1) is 13.1. The number of ether oxygens (including phenoxy) is 1. The summed E-state index contributed by atoms with van der Waals surface area (Å²) in [6.45, 7) is 0.563. The molecule has 2 aromatic carbocycles. The van der Waals surface area contributed by atoms with E-state index in [2.05, 4.69) is 5.32 Å². The molecule has 0 saturated heterocycles. The van der Waals surface area contributed by atoms with Crippen LogP contribution in [0.15, 0.2) is 65.9 Å². The highest BCUT2D eigenvalue weighted by Gasteiger charge is 2.41. The van der Waals surface area contributed by atoms with Gasteiger partial charge in [-0.2, -0.15) is 0 Å². The maximum atomic E-state index is 12.9. The Morgan fingerprint density at radius 2 is 1.78 bits per heavy atom. The molecule has 0 saturated carbocycles. The number of hydrogen-bond donors (Lipinski definition) is 2. The van der Waals surface area contributed by atoms with Crippen molar-refractivity contribution in [3.8, 4) is 0 Å². The highest BCUT2D eigenvalue weighted by atomic mass is 16.6. The summed E-state index contributed by atoms with van der Waals surface area (Å²) < 4.78 is 5.28. The number of esters is 1. The number of carbonyl (C=O) groups excluding carboxylic acids is 2. The molecule has 2 unspecified atom stereocenters. The van der Waals surface area contributed by atoms with Crippen LogP contribution >= 0.6 is 0 Å². The lowest BCUT2D eigenvalue weighted by Crippen LogP contribution is -2.43. The van der Waals surface area contributed by atoms with Crippen LogP contribution in [0, 0.1) is 0 Å². The number of cyclic esters (lactones) is 1. The van der Waals surface area contributed by atoms with Crippen molar-refractivity contribution in [3.63, 3.8) is 0 Å². The summed E-state index contributed by atoms with van der Waals surface area (Å²) in [4.78, 5) is 25.1. The molecule has 138 valence electrons. The van der Waals surface area contributed by atoms with Gasteiger partial charge in [-0.05, 0) is 36.0 Å². The van der Waals surface area contributed by atoms with Gasteiger partial charge in [-0.15, -0.1) is 0 Å². The van der Waals surface area contributed by atoms with Gasteiger partial charge in [-0.25, -0.2) is 4.79 Å². The number of hydrogen-bond acceptors (Lipinski definition) is 5. The zero-order valence-electron chi connectivity index (χ0n) is 14.9. The molecule has 2 heterocycles. The molecular formula is C22H21NO4. The van der Waals surface area contributed by atoms with Crippen molar-refractivity contribution in [2.75, 3.05) is 0 Å². The number of Topliss-reactive ketones (excluding diaryl/α,β-unsaturated/α-hetero) is 1. The van der Waals surface area contributed by atoms with Gasteiger partial charge in [0.25, 0.3) is 0 Å². The smallest absolute Gasteiger partial charge is 0.346 e. The van der Waals surface area contributed by atoms with Gasteiger partial charge in [0.1, 0.15) is 5.57 Å². The summed E-state index contributed by atoms with van der Waals surface area (Å²) in [5, 5.41) is 13.6. The lowest BCUT2D eigenvalue weighted by atomic mass is 9.90. The highest BCUT2D eigenvalue weighted by molar-refractivity contribution is 6.21. The van der Waals surface area contributed by atoms with Gasteiger partial charge in [0, 0.05) is 6.54 Å². The van der Waals surface area contributed by atoms with E-state index in [0.29, 0.717) is 25.8 Å². The maximum absolute atomic E-state index is 12.9. The third kappa shape index (κ3) is 3.51. The SMILES string of the molecule is O=C1OC(CCc2ccccc2)C(O)=C1C(=O)C1Cc2ccccc2CN1. The minimum atomic E-state index is -0.757. The summed E-state index contributed by atoms with van der Waals surface area (Å²) in [5.74, 6) is -1.35. The molecule has 0 bridgehead atoms. The number of aryl methyl sites for hydroxylation is 1. The number of ketones is 1. The van der Waals surface area contributed by atoms with Crippen molar-refractivity contribution >= 4 is 11.8 Å². The van der Waals surface area contributed by atoms with Crippen LogP contribution in [0.1, 0.15) is 23.1 Å². The van der Waals surface area contributed by atoms with Gasteiger partial charge in [0.15, 0.2) is 17.6 Å². The quantitative estimate of drug-likeness (QED) is 0.631. The van der Waals surface area contributed by atoms with Crippen LogP contribution < -0.4 is 5.32 Å². The Balaban J connectivity index is 1.47. The maximum Gasteiger partial charge on any atom is 0.346 e. The Kier molecular flexibility index (Phi) is 4.77. The molecule has 0 amide bonds. The first-order valence-corrected chi connectivity index (χ1v) is 9.16. The zero-order valence-corrected chi connectivity index (χ0v) is 14.9. The number of fused-ring (bicyclic) bond motifs is 1. The van der Waals surface area contributed by atoms with Crippen molar-refractivity contribution in [1.82, 2.24) is 5.32 Å². The molecular weight excluding hydrogens is 342 g/mol. The van der Waals surface area contributed by atoms with Crippen LogP contribution in [0.3, 0.4) is 0 Å². The third-order valence-electron chi connectivity index (χ3n) is 5.20. The molecule has 0 aliphatic carbocycles. The van der Waals surface area contributed by atoms with Crippen molar-refractivity contribution in [1.29, 1.82) is 0 Å². The largest absolute Gasteiger partial charge is 0.507 e. The molecule has 2 aromatic rings. The van der Waals surface area contributed by atoms with Crippen LogP contribution in [0.4, 0.5) is 0 Å². The molecule has 5 heteroatoms. The van der Waals surface area contributed by atoms with Gasteiger partial charge >= 0.3 is 5.97 Å². The number of aliphatic hydroxyl groups is 1. The van der Waals surface area contributed by atoms with E-state index in [4.69, 9.17) is 4.74 Å². The molecule has 0 radical (unpaired) electrons. The molecule has 5 nitrogen and oxygen atoms in total. The minimum absolute atomic E-state index is 0.204. The van der Waals surface area contributed by atoms with E-state index in [1.165, 1.54) is 0 Å². The van der Waals surface area contributed by atoms with E-state index >= 15 is 0 Å². The van der Waals surface area contributed by atoms with E-state index < -0.39 is 23.9 Å². The highest BCUT2D eigenvalue weighted by Crippen LogP contribution is 2.27. The molecule has 2 N–H and O–H groups in total. The standard InChI is InChI=1S/C22H21NO4/c24-20(17-12-15-8-4-5-9-16(15)13-23-17)19-21(25)18(27-22(19)26)11-10-14-6-2-1-3-7-14/h1-9,17-18,23,25H,10-13H2. The number of aliphatic hydroxyl groups excluding tert-OH is 1. The number of benzene rings is 2. The summed E-state index contributed by atoms with van der Waals surface area (Å²) in [6.07, 6.45) is 0.833. The second-order valence-electron chi connectivity index (χ2n) is 6.95. The Labute approximate surface area is 157 Å². The summed E-state index contributed by atoms with van der Waals surface area (Å²) in [5.41, 5.74) is 3.12. The molecule has 0 fully saturated rings. The molecule has 2 aliphatic rings. The Hall–Kier alpha value is -2.92. The lowest BCUT2D eigenvalue weighted by Gasteiger charge is -2.24. The van der Waals surface area contributed by atoms with Crippen molar-refractivity contribution in [3.05, 3.63) is 82.6 Å². The van der Waals surface area contributed by atoms with Crippen LogP contribution in [0.25, 0.3) is 0 Å². The van der Waals surface area contributed by atoms with Crippen LogP contribution in [0.2, 0.25) is 0 Å². The predicted molar refractivity (Wildman–Crippen MR) is 100 cm³/mol. The summed E-state index contributed by atoms with van der Waals surface area (Å²) >= 11 is 0. The fourth-order valence-corrected chi connectivity index (χ4v) is 3.69. The van der Waals surface area contributed by atoms with Crippen molar-refractivity contribution in [2.24, 2.45) is 0 Å². The van der Waals surface area contributed by atoms with Crippen LogP contribution in [-0.4, -0.2) is 29.0 Å². The van der Waals surface area contributed by atoms with Gasteiger partial charge in [0.2, 0.25) is 0 Å². The predicted octanol–water partition coefficient (Wildman–Crippen LogP) is 2.64. The molecule has 0 spiro atoms. The first-order valence-electron chi connectivity index (χ1n) is 9.16. The van der Waals surface area contributed by atoms with E-state index in [1.807, 2.05) is 54.6 Å². The molecule has 2 atom stereocenters. The minimum Gasteiger partial charge on any atom is -0.507 e. The lowest BCUT2D eigenvalue weighted by molar-refractivity contribution is -0.141. The van der Waals surface area contributed by atoms with E-state index in [0.717, 1.165) is 16.7 Å². The molecule has 27 heavy (non-hydrogen) atoms. The fraction of sp³-hybridized carbons (Fsp3) is 0.273. The topological polar surface area (TPSA) is 75.6 Å². The van der Waals surface area contributed by atoms with Gasteiger partial charge < -0.3 is 15.2 Å². The van der Waals surface area contributed by atoms with Gasteiger partial charge in [0.05, 0.1) is 6.04 Å². The van der Waals surface area contributed by atoms with E-state index in [1.54, 1.807) is 0 Å². The van der Waals surface area contributed by atoms with Crippen LogP contribution in [0.5, 0.6) is 0 Å². The first kappa shape index (κ1) is 17.5. The molecule has 2 aliphatic heterocycles. The van der Waals surface area contributed by atoms with Gasteiger partial charge in [-0.3, -0.25) is 4.79 Å². The summed E-state index contributed by atoms with van der Waals surface area (Å²) in [7, 11) is 0. The average molecular weight is 363 g/mol. The normalized spacial score (nSPS) is 21.7. The average Bonchev–Trinajstić information content (AvgIpc) is 2.99. The monoisotopic (exact) mass is 363 g/mol. The fourth-order valence-electron chi connectivity index (χ4n) is 3.69. The van der Waals surface area contributed by atoms with Gasteiger partial charge in [-0.1, -0.05) is 54.6 Å². The summed E-state index contributed by atoms with van der Waals surface area (Å²) in [6, 6.07) is 17.1. The molecule has 4 rings (SSSR count). The Bertz CT molecular complexity index is 904. The molecule has 0 aromatic heterocycles. The number of rotatable bonds is 5. The second kappa shape index (κ2) is 7.37. The van der Waals surface area contributed by atoms with Crippen LogP contribution in [-0.2, 0) is 33.7 Å². The van der Waals surface area contributed by atoms with Crippen molar-refractivity contribution in [2.45, 2.75) is 38.0 Å². The number of nitrogens with one attached hydrogen (secondary N) is 1. The number of carbonyl (C=O) groups is 2. The Morgan fingerprint density at radius 1 is 1.07 bits per heavy atom. The third-order valence-corrected chi connectivity index (χ3v) is 5.20.